The van der Waals surface area contributed by atoms with E-state index in [9.17, 15) is 10.1 Å². The third kappa shape index (κ3) is 4.13. The van der Waals surface area contributed by atoms with Crippen molar-refractivity contribution in [3.63, 3.8) is 0 Å². The number of nitriles is 1. The fourth-order valence-corrected chi connectivity index (χ4v) is 2.01. The lowest BCUT2D eigenvalue weighted by Gasteiger charge is -2.12. The lowest BCUT2D eigenvalue weighted by atomic mass is 10.1. The van der Waals surface area contributed by atoms with Gasteiger partial charge in [0, 0.05) is 6.20 Å². The summed E-state index contributed by atoms with van der Waals surface area (Å²) < 4.78 is 12.2. The van der Waals surface area contributed by atoms with Gasteiger partial charge in [0.05, 0.1) is 36.2 Å². The largest absolute Gasteiger partial charge is 0.492 e. The molecule has 1 atom stereocenters. The van der Waals surface area contributed by atoms with Gasteiger partial charge in [-0.2, -0.15) is 10.4 Å². The maximum absolute atomic E-state index is 11.7. The maximum Gasteiger partial charge on any atom is 0.341 e. The van der Waals surface area contributed by atoms with Gasteiger partial charge in [-0.15, -0.1) is 0 Å². The van der Waals surface area contributed by atoms with E-state index < -0.39 is 5.97 Å². The van der Waals surface area contributed by atoms with Gasteiger partial charge in [0.2, 0.25) is 0 Å². The molecule has 126 valence electrons. The van der Waals surface area contributed by atoms with Gasteiger partial charge in [0.15, 0.2) is 0 Å². The second-order valence-electron chi connectivity index (χ2n) is 5.51. The molecule has 2 rings (SSSR count). The number of ether oxygens (including phenoxy) is 2. The van der Waals surface area contributed by atoms with Gasteiger partial charge < -0.3 is 9.47 Å². The average Bonchev–Trinajstić information content (AvgIpc) is 3.09. The smallest absolute Gasteiger partial charge is 0.341 e. The van der Waals surface area contributed by atoms with Gasteiger partial charge in [-0.05, 0) is 31.0 Å². The van der Waals surface area contributed by atoms with Crippen LogP contribution in [0.2, 0.25) is 0 Å². The highest BCUT2D eigenvalue weighted by atomic mass is 16.5. The molecule has 6 heteroatoms. The molecule has 0 unspecified atom stereocenters. The molecular weight excluding hydrogens is 306 g/mol. The van der Waals surface area contributed by atoms with Gasteiger partial charge >= 0.3 is 5.97 Å². The molecule has 24 heavy (non-hydrogen) atoms. The molecule has 0 aliphatic rings. The van der Waals surface area contributed by atoms with E-state index in [0.29, 0.717) is 41.7 Å². The molecule has 0 fully saturated rings. The lowest BCUT2D eigenvalue weighted by Crippen LogP contribution is -2.08. The molecule has 0 amide bonds. The number of hydrogen-bond donors (Lipinski definition) is 0. The molecule has 0 radical (unpaired) electrons. The number of rotatable bonds is 7. The number of carbonyl (C=O) groups excluding carboxylic acids is 1. The van der Waals surface area contributed by atoms with Crippen molar-refractivity contribution >= 4 is 5.97 Å². The van der Waals surface area contributed by atoms with Crippen molar-refractivity contribution in [2.24, 2.45) is 5.92 Å². The van der Waals surface area contributed by atoms with Crippen molar-refractivity contribution in [3.05, 3.63) is 41.7 Å². The SMILES string of the molecule is CCOC(=O)c1cnn(-c2ccc(OC[C@@H](C)CC)c(C#N)c2)c1. The Balaban J connectivity index is 2.20. The molecule has 0 bridgehead atoms. The first-order valence-electron chi connectivity index (χ1n) is 7.98. The molecule has 0 aliphatic heterocycles. The summed E-state index contributed by atoms with van der Waals surface area (Å²) in [6.07, 6.45) is 4.04. The van der Waals surface area contributed by atoms with Crippen molar-refractivity contribution in [1.29, 1.82) is 5.26 Å². The van der Waals surface area contributed by atoms with E-state index in [1.807, 2.05) is 0 Å². The van der Waals surface area contributed by atoms with Crippen molar-refractivity contribution in [2.75, 3.05) is 13.2 Å². The number of aromatic nitrogens is 2. The van der Waals surface area contributed by atoms with Crippen LogP contribution in [-0.4, -0.2) is 29.0 Å². The summed E-state index contributed by atoms with van der Waals surface area (Å²) in [7, 11) is 0. The molecule has 1 aromatic carbocycles. The van der Waals surface area contributed by atoms with Crippen LogP contribution < -0.4 is 4.74 Å². The molecule has 0 saturated heterocycles. The van der Waals surface area contributed by atoms with Crippen molar-refractivity contribution in [2.45, 2.75) is 27.2 Å². The Bertz CT molecular complexity index is 746. The molecule has 0 saturated carbocycles. The Hall–Kier alpha value is -2.81. The second kappa shape index (κ2) is 8.16. The third-order valence-electron chi connectivity index (χ3n) is 3.66. The summed E-state index contributed by atoms with van der Waals surface area (Å²) in [5.74, 6) is 0.562. The first kappa shape index (κ1) is 17.5. The van der Waals surface area contributed by atoms with Crippen LogP contribution >= 0.6 is 0 Å². The van der Waals surface area contributed by atoms with Crippen molar-refractivity contribution in [1.82, 2.24) is 9.78 Å². The van der Waals surface area contributed by atoms with Crippen LogP contribution in [0.15, 0.2) is 30.6 Å². The van der Waals surface area contributed by atoms with Gasteiger partial charge in [-0.25, -0.2) is 9.48 Å². The summed E-state index contributed by atoms with van der Waals surface area (Å²) >= 11 is 0. The molecular formula is C18H21N3O3. The van der Waals surface area contributed by atoms with Crippen LogP contribution in [0.1, 0.15) is 43.1 Å². The zero-order chi connectivity index (χ0) is 17.5. The second-order valence-corrected chi connectivity index (χ2v) is 5.51. The minimum absolute atomic E-state index is 0.310. The van der Waals surface area contributed by atoms with E-state index in [0.717, 1.165) is 6.42 Å². The van der Waals surface area contributed by atoms with Gasteiger partial charge in [0.25, 0.3) is 0 Å². The first-order valence-corrected chi connectivity index (χ1v) is 7.98. The standard InChI is InChI=1S/C18H21N3O3/c1-4-13(3)12-24-17-7-6-16(8-14(17)9-19)21-11-15(10-20-21)18(22)23-5-2/h6-8,10-11,13H,4-5,12H2,1-3H3/t13-/m0/s1. The Morgan fingerprint density at radius 1 is 1.42 bits per heavy atom. The van der Waals surface area contributed by atoms with Crippen molar-refractivity contribution < 1.29 is 14.3 Å². The number of esters is 1. The minimum atomic E-state index is -0.419. The van der Waals surface area contributed by atoms with Crippen LogP contribution in [0.5, 0.6) is 5.75 Å². The fourth-order valence-electron chi connectivity index (χ4n) is 2.01. The quantitative estimate of drug-likeness (QED) is 0.729. The Labute approximate surface area is 141 Å². The van der Waals surface area contributed by atoms with E-state index >= 15 is 0 Å². The predicted molar refractivity (Wildman–Crippen MR) is 89.2 cm³/mol. The summed E-state index contributed by atoms with van der Waals surface area (Å²) in [6, 6.07) is 7.38. The van der Waals surface area contributed by atoms with E-state index in [1.165, 1.54) is 10.9 Å². The molecule has 6 nitrogen and oxygen atoms in total. The highest BCUT2D eigenvalue weighted by Crippen LogP contribution is 2.22. The predicted octanol–water partition coefficient (Wildman–Crippen LogP) is 3.35. The molecule has 0 aliphatic carbocycles. The van der Waals surface area contributed by atoms with E-state index in [2.05, 4.69) is 25.0 Å². The van der Waals surface area contributed by atoms with Gasteiger partial charge in [-0.1, -0.05) is 20.3 Å². The van der Waals surface area contributed by atoms with E-state index in [-0.39, 0.29) is 0 Å². The van der Waals surface area contributed by atoms with Gasteiger partial charge in [-0.3, -0.25) is 0 Å². The Morgan fingerprint density at radius 3 is 2.88 bits per heavy atom. The summed E-state index contributed by atoms with van der Waals surface area (Å²) in [4.78, 5) is 11.7. The van der Waals surface area contributed by atoms with Crippen LogP contribution in [-0.2, 0) is 4.74 Å². The van der Waals surface area contributed by atoms with Crippen LogP contribution in [0.25, 0.3) is 5.69 Å². The molecule has 0 spiro atoms. The van der Waals surface area contributed by atoms with Crippen molar-refractivity contribution in [3.8, 4) is 17.5 Å². The zero-order valence-corrected chi connectivity index (χ0v) is 14.2. The molecule has 1 heterocycles. The van der Waals surface area contributed by atoms with Crippen LogP contribution in [0.3, 0.4) is 0 Å². The topological polar surface area (TPSA) is 77.1 Å². The summed E-state index contributed by atoms with van der Waals surface area (Å²) in [6.45, 7) is 6.83. The number of benzene rings is 1. The zero-order valence-electron chi connectivity index (χ0n) is 14.2. The monoisotopic (exact) mass is 327 g/mol. The van der Waals surface area contributed by atoms with Crippen LogP contribution in [0.4, 0.5) is 0 Å². The first-order chi connectivity index (χ1) is 11.6. The normalized spacial score (nSPS) is 11.6. The highest BCUT2D eigenvalue weighted by molar-refractivity contribution is 5.88. The molecule has 1 aromatic heterocycles. The number of carbonyl (C=O) groups is 1. The number of nitrogens with zero attached hydrogens (tertiary/aromatic N) is 3. The van der Waals surface area contributed by atoms with E-state index in [4.69, 9.17) is 9.47 Å². The third-order valence-corrected chi connectivity index (χ3v) is 3.66. The Morgan fingerprint density at radius 2 is 2.21 bits per heavy atom. The minimum Gasteiger partial charge on any atom is -0.492 e. The van der Waals surface area contributed by atoms with Gasteiger partial charge in [0.1, 0.15) is 11.8 Å². The fraction of sp³-hybridized carbons (Fsp3) is 0.389. The molecule has 2 aromatic rings. The molecule has 0 N–H and O–H groups in total. The summed E-state index contributed by atoms with van der Waals surface area (Å²) in [5.41, 5.74) is 1.48. The maximum atomic E-state index is 11.7. The Kier molecular flexibility index (Phi) is 5.96. The average molecular weight is 327 g/mol. The van der Waals surface area contributed by atoms with Crippen LogP contribution in [0, 0.1) is 17.2 Å². The van der Waals surface area contributed by atoms with E-state index in [1.54, 1.807) is 31.3 Å². The highest BCUT2D eigenvalue weighted by Gasteiger charge is 2.12. The lowest BCUT2D eigenvalue weighted by molar-refractivity contribution is 0.0526. The summed E-state index contributed by atoms with van der Waals surface area (Å²) in [5, 5.41) is 13.5. The number of hydrogen-bond acceptors (Lipinski definition) is 5.